The quantitative estimate of drug-likeness (QED) is 0.541. The van der Waals surface area contributed by atoms with Gasteiger partial charge in [0, 0.05) is 12.3 Å². The van der Waals surface area contributed by atoms with Gasteiger partial charge in [-0.05, 0) is 0 Å². The van der Waals surface area contributed by atoms with E-state index in [2.05, 4.69) is 10.5 Å². The van der Waals surface area contributed by atoms with Crippen LogP contribution < -0.4 is 5.43 Å². The first kappa shape index (κ1) is 7.71. The lowest BCUT2D eigenvalue weighted by molar-refractivity contribution is -0.130. The number of hydrazone groups is 1. The van der Waals surface area contributed by atoms with E-state index in [1.54, 1.807) is 6.92 Å². The summed E-state index contributed by atoms with van der Waals surface area (Å²) in [6.45, 7) is 1.66. The minimum atomic E-state index is -1.07. The Bertz CT molecular complexity index is 234. The average Bonchev–Trinajstić information content (AvgIpc) is 1.85. The van der Waals surface area contributed by atoms with Gasteiger partial charge in [0.15, 0.2) is 0 Å². The van der Waals surface area contributed by atoms with Crippen LogP contribution in [-0.2, 0) is 9.59 Å². The van der Waals surface area contributed by atoms with Crippen molar-refractivity contribution in [3.05, 3.63) is 0 Å². The third-order valence-electron chi connectivity index (χ3n) is 1.48. The highest BCUT2D eigenvalue weighted by Gasteiger charge is 2.24. The fourth-order valence-electron chi connectivity index (χ4n) is 0.912. The van der Waals surface area contributed by atoms with Gasteiger partial charge < -0.3 is 5.11 Å². The molecular weight excluding hydrogens is 148 g/mol. The van der Waals surface area contributed by atoms with Crippen LogP contribution in [0.5, 0.6) is 0 Å². The Balaban J connectivity index is 2.80. The van der Waals surface area contributed by atoms with Crippen LogP contribution in [-0.4, -0.2) is 22.7 Å². The number of hydrogen-bond donors (Lipinski definition) is 2. The van der Waals surface area contributed by atoms with Gasteiger partial charge in [-0.1, -0.05) is 6.92 Å². The monoisotopic (exact) mass is 156 g/mol. The molecule has 1 atom stereocenters. The summed E-state index contributed by atoms with van der Waals surface area (Å²) in [5.74, 6) is -1.60. The second kappa shape index (κ2) is 2.69. The second-order valence-electron chi connectivity index (χ2n) is 2.44. The molecule has 1 heterocycles. The zero-order valence-corrected chi connectivity index (χ0v) is 6.00. The molecule has 0 unspecified atom stereocenters. The lowest BCUT2D eigenvalue weighted by Gasteiger charge is -2.14. The molecule has 0 aromatic rings. The number of carboxylic acid groups (broad SMARTS) is 1. The predicted molar refractivity (Wildman–Crippen MR) is 37.0 cm³/mol. The number of carbonyl (C=O) groups excluding carboxylic acids is 1. The molecule has 5 nitrogen and oxygen atoms in total. The average molecular weight is 156 g/mol. The number of carboxylic acids is 1. The highest BCUT2D eigenvalue weighted by atomic mass is 16.4. The minimum Gasteiger partial charge on any atom is -0.477 e. The van der Waals surface area contributed by atoms with Gasteiger partial charge in [0.1, 0.15) is 5.71 Å². The topological polar surface area (TPSA) is 78.8 Å². The second-order valence-corrected chi connectivity index (χ2v) is 2.44. The molecule has 11 heavy (non-hydrogen) atoms. The lowest BCUT2D eigenvalue weighted by atomic mass is 10.0. The van der Waals surface area contributed by atoms with E-state index in [0.29, 0.717) is 0 Å². The van der Waals surface area contributed by atoms with E-state index in [1.807, 2.05) is 0 Å². The first-order valence-corrected chi connectivity index (χ1v) is 3.21. The van der Waals surface area contributed by atoms with Gasteiger partial charge in [-0.25, -0.2) is 10.2 Å². The van der Waals surface area contributed by atoms with E-state index >= 15 is 0 Å². The molecule has 0 aliphatic carbocycles. The summed E-state index contributed by atoms with van der Waals surface area (Å²) in [6, 6.07) is 0. The normalized spacial score (nSPS) is 23.9. The Morgan fingerprint density at radius 2 is 2.45 bits per heavy atom. The van der Waals surface area contributed by atoms with Crippen molar-refractivity contribution >= 4 is 17.6 Å². The molecule has 0 saturated carbocycles. The maximum atomic E-state index is 10.6. The SMILES string of the molecule is C[C@H]1CC(=O)NN=C1C(=O)O. The van der Waals surface area contributed by atoms with Crippen molar-refractivity contribution in [1.82, 2.24) is 5.43 Å². The highest BCUT2D eigenvalue weighted by Crippen LogP contribution is 2.08. The van der Waals surface area contributed by atoms with Crippen molar-refractivity contribution in [3.8, 4) is 0 Å². The zero-order valence-electron chi connectivity index (χ0n) is 6.00. The number of nitrogens with zero attached hydrogens (tertiary/aromatic N) is 1. The van der Waals surface area contributed by atoms with Gasteiger partial charge >= 0.3 is 5.97 Å². The summed E-state index contributed by atoms with van der Waals surface area (Å²) in [4.78, 5) is 21.0. The molecule has 1 amide bonds. The summed E-state index contributed by atoms with van der Waals surface area (Å²) < 4.78 is 0. The van der Waals surface area contributed by atoms with E-state index in [4.69, 9.17) is 5.11 Å². The largest absolute Gasteiger partial charge is 0.477 e. The number of hydrogen-bond acceptors (Lipinski definition) is 3. The molecule has 2 N–H and O–H groups in total. The molecule has 1 rings (SSSR count). The van der Waals surface area contributed by atoms with Crippen LogP contribution in [0.3, 0.4) is 0 Å². The summed E-state index contributed by atoms with van der Waals surface area (Å²) >= 11 is 0. The molecule has 0 aromatic heterocycles. The molecule has 0 saturated heterocycles. The minimum absolute atomic E-state index is 0.0181. The molecular formula is C6H8N2O3. The molecule has 0 aromatic carbocycles. The molecule has 0 fully saturated rings. The number of nitrogens with one attached hydrogen (secondary N) is 1. The van der Waals surface area contributed by atoms with Crippen LogP contribution in [0.15, 0.2) is 5.10 Å². The Hall–Kier alpha value is -1.39. The Morgan fingerprint density at radius 3 is 2.91 bits per heavy atom. The van der Waals surface area contributed by atoms with Crippen molar-refractivity contribution in [1.29, 1.82) is 0 Å². The molecule has 0 radical (unpaired) electrons. The maximum Gasteiger partial charge on any atom is 0.352 e. The fraction of sp³-hybridized carbons (Fsp3) is 0.500. The van der Waals surface area contributed by atoms with Crippen LogP contribution >= 0.6 is 0 Å². The lowest BCUT2D eigenvalue weighted by Crippen LogP contribution is -2.35. The molecule has 1 aliphatic heterocycles. The molecule has 1 aliphatic rings. The summed E-state index contributed by atoms with van der Waals surface area (Å²) in [5, 5.41) is 11.9. The molecule has 0 spiro atoms. The number of rotatable bonds is 1. The zero-order chi connectivity index (χ0) is 8.43. The fourth-order valence-corrected chi connectivity index (χ4v) is 0.912. The first-order valence-electron chi connectivity index (χ1n) is 3.21. The van der Waals surface area contributed by atoms with Crippen LogP contribution in [0.2, 0.25) is 0 Å². The van der Waals surface area contributed by atoms with Crippen LogP contribution in [0.25, 0.3) is 0 Å². The molecule has 60 valence electrons. The number of amides is 1. The van der Waals surface area contributed by atoms with Gasteiger partial charge in [-0.15, -0.1) is 0 Å². The van der Waals surface area contributed by atoms with E-state index in [1.165, 1.54) is 0 Å². The first-order chi connectivity index (χ1) is 5.11. The van der Waals surface area contributed by atoms with Gasteiger partial charge in [0.2, 0.25) is 5.91 Å². The number of carbonyl (C=O) groups is 2. The summed E-state index contributed by atoms with van der Waals surface area (Å²) in [7, 11) is 0. The van der Waals surface area contributed by atoms with E-state index in [-0.39, 0.29) is 24.0 Å². The van der Waals surface area contributed by atoms with Crippen molar-refractivity contribution in [3.63, 3.8) is 0 Å². The molecule has 0 bridgehead atoms. The van der Waals surface area contributed by atoms with Crippen molar-refractivity contribution in [2.24, 2.45) is 11.0 Å². The van der Waals surface area contributed by atoms with Crippen molar-refractivity contribution in [2.75, 3.05) is 0 Å². The highest BCUT2D eigenvalue weighted by molar-refractivity contribution is 6.37. The van der Waals surface area contributed by atoms with Crippen LogP contribution in [0.1, 0.15) is 13.3 Å². The molecule has 5 heteroatoms. The Labute approximate surface area is 63.1 Å². The van der Waals surface area contributed by atoms with Gasteiger partial charge in [-0.2, -0.15) is 5.10 Å². The standard InChI is InChI=1S/C6H8N2O3/c1-3-2-4(9)7-8-5(3)6(10)11/h3H,2H2,1H3,(H,7,9)(H,10,11)/t3-/m0/s1. The Kier molecular flexibility index (Phi) is 1.89. The van der Waals surface area contributed by atoms with Gasteiger partial charge in [-0.3, -0.25) is 4.79 Å². The number of aliphatic carboxylic acids is 1. The van der Waals surface area contributed by atoms with Crippen LogP contribution in [0, 0.1) is 5.92 Å². The van der Waals surface area contributed by atoms with Crippen LogP contribution in [0.4, 0.5) is 0 Å². The third-order valence-corrected chi connectivity index (χ3v) is 1.48. The van der Waals surface area contributed by atoms with Gasteiger partial charge in [0.05, 0.1) is 0 Å². The Morgan fingerprint density at radius 1 is 1.82 bits per heavy atom. The van der Waals surface area contributed by atoms with E-state index in [9.17, 15) is 9.59 Å². The van der Waals surface area contributed by atoms with Crippen molar-refractivity contribution < 1.29 is 14.7 Å². The predicted octanol–water partition coefficient (Wildman–Crippen LogP) is -0.417. The smallest absolute Gasteiger partial charge is 0.352 e. The van der Waals surface area contributed by atoms with Crippen molar-refractivity contribution in [2.45, 2.75) is 13.3 Å². The van der Waals surface area contributed by atoms with E-state index < -0.39 is 5.97 Å². The third kappa shape index (κ3) is 1.54. The summed E-state index contributed by atoms with van der Waals surface area (Å²) in [5.41, 5.74) is 2.13. The summed E-state index contributed by atoms with van der Waals surface area (Å²) in [6.07, 6.45) is 0.200. The maximum absolute atomic E-state index is 10.6. The van der Waals surface area contributed by atoms with Gasteiger partial charge in [0.25, 0.3) is 0 Å². The van der Waals surface area contributed by atoms with E-state index in [0.717, 1.165) is 0 Å².